The van der Waals surface area contributed by atoms with Gasteiger partial charge in [0.2, 0.25) is 0 Å². The van der Waals surface area contributed by atoms with Crippen molar-refractivity contribution in [2.75, 3.05) is 39.6 Å². The number of hydrogen-bond donors (Lipinski definition) is 3. The molecular formula is C79H142O17P2. The number of rotatable bonds is 74. The Morgan fingerprint density at radius 3 is 0.796 bits per heavy atom. The van der Waals surface area contributed by atoms with Crippen molar-refractivity contribution in [1.82, 2.24) is 0 Å². The molecule has 0 fully saturated rings. The molecule has 0 spiro atoms. The van der Waals surface area contributed by atoms with Crippen LogP contribution in [0.5, 0.6) is 0 Å². The zero-order valence-electron chi connectivity index (χ0n) is 62.2. The number of carbonyl (C=O) groups excluding carboxylic acids is 4. The lowest BCUT2D eigenvalue weighted by molar-refractivity contribution is -0.161. The van der Waals surface area contributed by atoms with Gasteiger partial charge in [-0.2, -0.15) is 0 Å². The van der Waals surface area contributed by atoms with Crippen molar-refractivity contribution in [2.45, 2.75) is 367 Å². The van der Waals surface area contributed by atoms with Gasteiger partial charge in [0.05, 0.1) is 26.4 Å². The van der Waals surface area contributed by atoms with Gasteiger partial charge in [-0.15, -0.1) is 0 Å². The molecule has 0 saturated carbocycles. The fraction of sp³-hybridized carbons (Fsp3) is 0.797. The molecule has 98 heavy (non-hydrogen) atoms. The molecule has 0 radical (unpaired) electrons. The number of carbonyl (C=O) groups is 4. The van der Waals surface area contributed by atoms with Crippen LogP contribution in [0, 0.1) is 0 Å². The predicted octanol–water partition coefficient (Wildman–Crippen LogP) is 22.4. The highest BCUT2D eigenvalue weighted by Crippen LogP contribution is 2.45. The van der Waals surface area contributed by atoms with E-state index in [1.54, 1.807) is 0 Å². The number of ether oxygens (including phenoxy) is 4. The van der Waals surface area contributed by atoms with Gasteiger partial charge in [0.1, 0.15) is 19.3 Å². The third-order valence-electron chi connectivity index (χ3n) is 16.6. The van der Waals surface area contributed by atoms with Crippen LogP contribution in [0.1, 0.15) is 349 Å². The molecule has 3 N–H and O–H groups in total. The lowest BCUT2D eigenvalue weighted by Gasteiger charge is -2.21. The van der Waals surface area contributed by atoms with Gasteiger partial charge in [-0.1, -0.05) is 255 Å². The van der Waals surface area contributed by atoms with Crippen LogP contribution in [-0.4, -0.2) is 96.7 Å². The fourth-order valence-corrected chi connectivity index (χ4v) is 12.1. The Hall–Kier alpha value is -3.50. The van der Waals surface area contributed by atoms with Crippen LogP contribution in [0.3, 0.4) is 0 Å². The van der Waals surface area contributed by atoms with E-state index in [0.29, 0.717) is 25.7 Å². The number of phosphoric ester groups is 2. The number of phosphoric acid groups is 2. The monoisotopic (exact) mass is 1420 g/mol. The summed E-state index contributed by atoms with van der Waals surface area (Å²) >= 11 is 0. The lowest BCUT2D eigenvalue weighted by Crippen LogP contribution is -2.30. The Labute approximate surface area is 596 Å². The van der Waals surface area contributed by atoms with Gasteiger partial charge in [0, 0.05) is 25.7 Å². The van der Waals surface area contributed by atoms with Gasteiger partial charge in [-0.05, 0) is 141 Å². The largest absolute Gasteiger partial charge is 0.472 e. The van der Waals surface area contributed by atoms with Crippen LogP contribution < -0.4 is 0 Å². The summed E-state index contributed by atoms with van der Waals surface area (Å²) in [4.78, 5) is 72.9. The number of allylic oxidation sites excluding steroid dienone is 12. The summed E-state index contributed by atoms with van der Waals surface area (Å²) < 4.78 is 68.5. The highest BCUT2D eigenvalue weighted by molar-refractivity contribution is 7.47. The first kappa shape index (κ1) is 94.5. The predicted molar refractivity (Wildman–Crippen MR) is 400 cm³/mol. The summed E-state index contributed by atoms with van der Waals surface area (Å²) in [5.41, 5.74) is 0. The van der Waals surface area contributed by atoms with E-state index < -0.39 is 97.5 Å². The minimum Gasteiger partial charge on any atom is -0.462 e. The quantitative estimate of drug-likeness (QED) is 0.0169. The molecule has 19 heteroatoms. The lowest BCUT2D eigenvalue weighted by atomic mass is 10.1. The van der Waals surface area contributed by atoms with Crippen molar-refractivity contribution in [1.29, 1.82) is 0 Å². The summed E-state index contributed by atoms with van der Waals surface area (Å²) in [6.07, 6.45) is 71.6. The second-order valence-electron chi connectivity index (χ2n) is 26.3. The number of esters is 4. The van der Waals surface area contributed by atoms with Crippen LogP contribution in [0.2, 0.25) is 0 Å². The first-order chi connectivity index (χ1) is 47.7. The molecule has 0 heterocycles. The summed E-state index contributed by atoms with van der Waals surface area (Å²) in [6, 6.07) is 0. The molecule has 0 aliphatic heterocycles. The van der Waals surface area contributed by atoms with E-state index in [2.05, 4.69) is 101 Å². The first-order valence-electron chi connectivity index (χ1n) is 39.2. The molecule has 0 aromatic rings. The average Bonchev–Trinajstić information content (AvgIpc) is 1.04. The normalized spacial score (nSPS) is 14.3. The molecule has 5 atom stereocenters. The molecule has 0 saturated heterocycles. The van der Waals surface area contributed by atoms with Crippen molar-refractivity contribution >= 4 is 39.5 Å². The number of aliphatic hydroxyl groups is 1. The highest BCUT2D eigenvalue weighted by Gasteiger charge is 2.30. The zero-order valence-corrected chi connectivity index (χ0v) is 64.0. The van der Waals surface area contributed by atoms with Gasteiger partial charge in [-0.25, -0.2) is 9.13 Å². The second kappa shape index (κ2) is 71.9. The van der Waals surface area contributed by atoms with Gasteiger partial charge in [0.25, 0.3) is 0 Å². The summed E-state index contributed by atoms with van der Waals surface area (Å²) in [6.45, 7) is 4.80. The molecule has 570 valence electrons. The maximum atomic E-state index is 13.1. The molecule has 2 unspecified atom stereocenters. The molecule has 0 bridgehead atoms. The molecular weight excluding hydrogens is 1280 g/mol. The molecule has 0 aromatic heterocycles. The van der Waals surface area contributed by atoms with Crippen LogP contribution in [0.25, 0.3) is 0 Å². The maximum absolute atomic E-state index is 13.1. The van der Waals surface area contributed by atoms with Gasteiger partial charge in [0.15, 0.2) is 12.2 Å². The topological polar surface area (TPSA) is 237 Å². The first-order valence-corrected chi connectivity index (χ1v) is 42.2. The second-order valence-corrected chi connectivity index (χ2v) is 29.2. The van der Waals surface area contributed by atoms with Crippen molar-refractivity contribution in [2.24, 2.45) is 0 Å². The standard InChI is InChI=1S/C79H142O17P2/c1-5-9-13-17-21-25-29-33-36-40-44-48-52-56-60-64-77(82)90-70-75(96-79(84)66-62-58-54-50-46-42-38-35-31-27-23-19-15-11-7-3)72-94-98(87,88)92-68-73(80)67-91-97(85,86)93-71-74(69-89-76(81)63-59-55-51-47-43-39-32-28-24-20-16-12-8-4)95-78(83)65-61-57-53-49-45-41-37-34-30-26-22-18-14-10-6-2/h21-22,25-26,28,32-38,73-75,80H,5-20,23-24,27,29-31,39-72H2,1-4H3,(H,85,86)(H,87,88)/b25-21-,26-22-,32-28-,36-33-,37-34-,38-35-/t73-,74+,75+/m0/s1. The third-order valence-corrected chi connectivity index (χ3v) is 18.5. The van der Waals surface area contributed by atoms with Crippen molar-refractivity contribution in [3.8, 4) is 0 Å². The van der Waals surface area contributed by atoms with Gasteiger partial charge in [-0.3, -0.25) is 37.3 Å². The van der Waals surface area contributed by atoms with Crippen LogP contribution in [0.15, 0.2) is 72.9 Å². The van der Waals surface area contributed by atoms with Crippen LogP contribution >= 0.6 is 15.6 Å². The minimum atomic E-state index is -4.98. The van der Waals surface area contributed by atoms with Crippen molar-refractivity contribution in [3.63, 3.8) is 0 Å². The molecule has 17 nitrogen and oxygen atoms in total. The minimum absolute atomic E-state index is 0.0796. The summed E-state index contributed by atoms with van der Waals surface area (Å²) in [5.74, 6) is -2.20. The Balaban J connectivity index is 5.37. The SMILES string of the molecule is CCCCC/C=C\C/C=C\CCCCCCCC(=O)OC[C@H](COP(=O)(O)OC[C@@H](O)COP(=O)(O)OC[C@@H](COC(=O)CCCCCCC/C=C\CCCCCC)OC(=O)CCCCCCC/C=C\C/C=C\CCCCC)OC(=O)CCCCCCC/C=C\CCCCCCCC. The number of hydrogen-bond acceptors (Lipinski definition) is 15. The summed E-state index contributed by atoms with van der Waals surface area (Å²) in [7, 11) is -9.95. The smallest absolute Gasteiger partial charge is 0.462 e. The molecule has 0 aromatic carbocycles. The van der Waals surface area contributed by atoms with Crippen molar-refractivity contribution < 1.29 is 80.2 Å². The summed E-state index contributed by atoms with van der Waals surface area (Å²) in [5, 5.41) is 10.6. The van der Waals surface area contributed by atoms with E-state index in [4.69, 9.17) is 37.0 Å². The van der Waals surface area contributed by atoms with Gasteiger partial charge < -0.3 is 33.8 Å². The number of aliphatic hydroxyl groups excluding tert-OH is 1. The van der Waals surface area contributed by atoms with Gasteiger partial charge >= 0.3 is 39.5 Å². The van der Waals surface area contributed by atoms with E-state index >= 15 is 0 Å². The molecule has 0 aliphatic rings. The van der Waals surface area contributed by atoms with E-state index in [1.165, 1.54) is 103 Å². The number of unbranched alkanes of at least 4 members (excludes halogenated alkanes) is 36. The van der Waals surface area contributed by atoms with E-state index in [1.807, 2.05) is 0 Å². The third kappa shape index (κ3) is 70.9. The Morgan fingerprint density at radius 1 is 0.286 bits per heavy atom. The Kier molecular flexibility index (Phi) is 69.3. The highest BCUT2D eigenvalue weighted by atomic mass is 31.2. The Morgan fingerprint density at radius 2 is 0.500 bits per heavy atom. The van der Waals surface area contributed by atoms with Crippen molar-refractivity contribution in [3.05, 3.63) is 72.9 Å². The van der Waals surface area contributed by atoms with Crippen LogP contribution in [0.4, 0.5) is 0 Å². The maximum Gasteiger partial charge on any atom is 0.472 e. The fourth-order valence-electron chi connectivity index (χ4n) is 10.6. The molecule has 0 rings (SSSR count). The van der Waals surface area contributed by atoms with E-state index in [0.717, 1.165) is 167 Å². The van der Waals surface area contributed by atoms with Crippen LogP contribution in [-0.2, 0) is 65.4 Å². The molecule has 0 amide bonds. The zero-order chi connectivity index (χ0) is 71.8. The van der Waals surface area contributed by atoms with E-state index in [-0.39, 0.29) is 25.7 Å². The van der Waals surface area contributed by atoms with E-state index in [9.17, 15) is 43.2 Å². The average molecular weight is 1430 g/mol. The molecule has 0 aliphatic carbocycles. The Bertz CT molecular complexity index is 2140.